The Morgan fingerprint density at radius 2 is 2.28 bits per heavy atom. The summed E-state index contributed by atoms with van der Waals surface area (Å²) in [4.78, 5) is 12.4. The van der Waals surface area contributed by atoms with Crippen LogP contribution < -0.4 is 14.8 Å². The molecule has 0 spiro atoms. The number of carbonyl (C=O) groups excluding carboxylic acids is 1. The number of benzene rings is 1. The molecule has 1 amide bonds. The normalized spacial score (nSPS) is 16.0. The Morgan fingerprint density at radius 1 is 1.44 bits per heavy atom. The van der Waals surface area contributed by atoms with Gasteiger partial charge in [0.1, 0.15) is 6.61 Å². The number of H-pyrrole nitrogens is 1. The summed E-state index contributed by atoms with van der Waals surface area (Å²) < 4.78 is 11.1. The predicted molar refractivity (Wildman–Crippen MR) is 95.1 cm³/mol. The van der Waals surface area contributed by atoms with Gasteiger partial charge in [0.15, 0.2) is 11.5 Å². The van der Waals surface area contributed by atoms with Gasteiger partial charge in [0, 0.05) is 12.2 Å². The van der Waals surface area contributed by atoms with E-state index < -0.39 is 0 Å². The van der Waals surface area contributed by atoms with Gasteiger partial charge in [-0.1, -0.05) is 12.1 Å². The highest BCUT2D eigenvalue weighted by atomic mass is 16.5. The van der Waals surface area contributed by atoms with Gasteiger partial charge in [0.25, 0.3) is 0 Å². The number of aryl methyl sites for hydroxylation is 2. The van der Waals surface area contributed by atoms with E-state index in [-0.39, 0.29) is 11.8 Å². The number of fused-ring (bicyclic) bond motifs is 1. The van der Waals surface area contributed by atoms with Gasteiger partial charge in [-0.05, 0) is 50.3 Å². The summed E-state index contributed by atoms with van der Waals surface area (Å²) >= 11 is 0. The molecule has 134 valence electrons. The smallest absolute Gasteiger partial charge is 0.226 e. The fourth-order valence-corrected chi connectivity index (χ4v) is 3.29. The van der Waals surface area contributed by atoms with Gasteiger partial charge >= 0.3 is 0 Å². The van der Waals surface area contributed by atoms with Gasteiger partial charge in [-0.2, -0.15) is 5.10 Å². The van der Waals surface area contributed by atoms with Crippen LogP contribution in [-0.4, -0.2) is 36.4 Å². The third kappa shape index (κ3) is 3.78. The van der Waals surface area contributed by atoms with E-state index in [2.05, 4.69) is 15.5 Å². The third-order valence-electron chi connectivity index (χ3n) is 4.73. The molecule has 3 rings (SSSR count). The molecule has 25 heavy (non-hydrogen) atoms. The third-order valence-corrected chi connectivity index (χ3v) is 4.73. The quantitative estimate of drug-likeness (QED) is 0.790. The zero-order valence-corrected chi connectivity index (χ0v) is 15.0. The lowest BCUT2D eigenvalue weighted by atomic mass is 9.95. The molecular weight excluding hydrogens is 318 g/mol. The molecule has 2 N–H and O–H groups in total. The molecule has 0 fully saturated rings. The van der Waals surface area contributed by atoms with Crippen molar-refractivity contribution in [1.82, 2.24) is 15.5 Å². The largest absolute Gasteiger partial charge is 0.493 e. The van der Waals surface area contributed by atoms with E-state index >= 15 is 0 Å². The van der Waals surface area contributed by atoms with Gasteiger partial charge in [0.05, 0.1) is 18.7 Å². The standard InChI is InChI=1S/C19H25N3O3/c1-12-16(13(2)22-21-12)7-5-9-20-19(23)15-10-14-6-4-8-17(24-3)18(14)25-11-15/h4,6,8,15H,5,7,9-11H2,1-3H3,(H,20,23)(H,21,22)/t15-/m1/s1. The second-order valence-electron chi connectivity index (χ2n) is 6.47. The minimum atomic E-state index is -0.156. The molecule has 0 bridgehead atoms. The van der Waals surface area contributed by atoms with Crippen LogP contribution in [0.1, 0.15) is 28.9 Å². The van der Waals surface area contributed by atoms with E-state index in [1.807, 2.05) is 32.0 Å². The summed E-state index contributed by atoms with van der Waals surface area (Å²) in [6, 6.07) is 5.79. The van der Waals surface area contributed by atoms with Gasteiger partial charge in [0.2, 0.25) is 5.91 Å². The van der Waals surface area contributed by atoms with Crippen LogP contribution in [0.15, 0.2) is 18.2 Å². The molecule has 1 aromatic carbocycles. The number of aromatic amines is 1. The Bertz CT molecular complexity index is 735. The predicted octanol–water partition coefficient (Wildman–Crippen LogP) is 2.34. The average Bonchev–Trinajstić information content (AvgIpc) is 2.95. The zero-order chi connectivity index (χ0) is 17.8. The van der Waals surface area contributed by atoms with Gasteiger partial charge in [-0.3, -0.25) is 9.89 Å². The summed E-state index contributed by atoms with van der Waals surface area (Å²) in [5.74, 6) is 1.38. The summed E-state index contributed by atoms with van der Waals surface area (Å²) in [6.07, 6.45) is 2.49. The van der Waals surface area contributed by atoms with Crippen molar-refractivity contribution >= 4 is 5.91 Å². The first-order valence-electron chi connectivity index (χ1n) is 8.67. The molecule has 0 saturated heterocycles. The Hall–Kier alpha value is -2.50. The second-order valence-corrected chi connectivity index (χ2v) is 6.47. The van der Waals surface area contributed by atoms with Crippen molar-refractivity contribution in [2.75, 3.05) is 20.3 Å². The number of nitrogens with zero attached hydrogens (tertiary/aromatic N) is 1. The van der Waals surface area contributed by atoms with E-state index in [4.69, 9.17) is 9.47 Å². The molecule has 1 atom stereocenters. The van der Waals surface area contributed by atoms with Crippen molar-refractivity contribution < 1.29 is 14.3 Å². The number of para-hydroxylation sites is 1. The van der Waals surface area contributed by atoms with Crippen LogP contribution in [0.5, 0.6) is 11.5 Å². The number of carbonyl (C=O) groups is 1. The minimum Gasteiger partial charge on any atom is -0.493 e. The lowest BCUT2D eigenvalue weighted by molar-refractivity contribution is -0.126. The van der Waals surface area contributed by atoms with Crippen LogP contribution in [-0.2, 0) is 17.6 Å². The Kier molecular flexibility index (Phi) is 5.26. The monoisotopic (exact) mass is 343 g/mol. The first-order chi connectivity index (χ1) is 12.1. The van der Waals surface area contributed by atoms with Crippen LogP contribution in [0, 0.1) is 19.8 Å². The van der Waals surface area contributed by atoms with Gasteiger partial charge in [-0.25, -0.2) is 0 Å². The number of nitrogens with one attached hydrogen (secondary N) is 2. The molecule has 6 nitrogen and oxygen atoms in total. The molecule has 0 radical (unpaired) electrons. The molecular formula is C19H25N3O3. The molecule has 2 aromatic rings. The van der Waals surface area contributed by atoms with Crippen LogP contribution in [0.3, 0.4) is 0 Å². The van der Waals surface area contributed by atoms with Crippen molar-refractivity contribution in [1.29, 1.82) is 0 Å². The topological polar surface area (TPSA) is 76.2 Å². The first-order valence-corrected chi connectivity index (χ1v) is 8.67. The fourth-order valence-electron chi connectivity index (χ4n) is 3.29. The Morgan fingerprint density at radius 3 is 3.00 bits per heavy atom. The first kappa shape index (κ1) is 17.3. The van der Waals surface area contributed by atoms with Gasteiger partial charge in [-0.15, -0.1) is 0 Å². The summed E-state index contributed by atoms with van der Waals surface area (Å²) in [5, 5.41) is 10.2. The fraction of sp³-hybridized carbons (Fsp3) is 0.474. The highest BCUT2D eigenvalue weighted by Gasteiger charge is 2.27. The van der Waals surface area contributed by atoms with Crippen molar-refractivity contribution in [3.05, 3.63) is 40.7 Å². The van der Waals surface area contributed by atoms with Crippen molar-refractivity contribution in [2.45, 2.75) is 33.1 Å². The van der Waals surface area contributed by atoms with Crippen molar-refractivity contribution in [3.63, 3.8) is 0 Å². The molecule has 2 heterocycles. The minimum absolute atomic E-state index is 0.0501. The Balaban J connectivity index is 1.49. The van der Waals surface area contributed by atoms with Crippen LogP contribution in [0.4, 0.5) is 0 Å². The number of ether oxygens (including phenoxy) is 2. The maximum Gasteiger partial charge on any atom is 0.226 e. The average molecular weight is 343 g/mol. The van der Waals surface area contributed by atoms with E-state index in [9.17, 15) is 4.79 Å². The molecule has 0 saturated carbocycles. The van der Waals surface area contributed by atoms with Crippen LogP contribution >= 0.6 is 0 Å². The number of amides is 1. The van der Waals surface area contributed by atoms with E-state index in [0.29, 0.717) is 19.6 Å². The number of methoxy groups -OCH3 is 1. The zero-order valence-electron chi connectivity index (χ0n) is 15.0. The highest BCUT2D eigenvalue weighted by molar-refractivity contribution is 5.79. The van der Waals surface area contributed by atoms with E-state index in [1.54, 1.807) is 7.11 Å². The summed E-state index contributed by atoms with van der Waals surface area (Å²) in [5.41, 5.74) is 4.41. The molecule has 1 aliphatic rings. The highest BCUT2D eigenvalue weighted by Crippen LogP contribution is 2.35. The maximum atomic E-state index is 12.4. The molecule has 0 aliphatic carbocycles. The number of hydrogen-bond acceptors (Lipinski definition) is 4. The van der Waals surface area contributed by atoms with Crippen molar-refractivity contribution in [2.24, 2.45) is 5.92 Å². The van der Waals surface area contributed by atoms with Crippen LogP contribution in [0.25, 0.3) is 0 Å². The van der Waals surface area contributed by atoms with E-state index in [1.165, 1.54) is 5.56 Å². The molecule has 0 unspecified atom stereocenters. The number of aromatic nitrogens is 2. The Labute approximate surface area is 147 Å². The van der Waals surface area contributed by atoms with Crippen LogP contribution in [0.2, 0.25) is 0 Å². The summed E-state index contributed by atoms with van der Waals surface area (Å²) in [7, 11) is 1.63. The lowest BCUT2D eigenvalue weighted by Crippen LogP contribution is -2.37. The number of hydrogen-bond donors (Lipinski definition) is 2. The van der Waals surface area contributed by atoms with Crippen molar-refractivity contribution in [3.8, 4) is 11.5 Å². The molecule has 1 aromatic heterocycles. The summed E-state index contributed by atoms with van der Waals surface area (Å²) in [6.45, 7) is 5.07. The molecule has 6 heteroatoms. The molecule has 1 aliphatic heterocycles. The van der Waals surface area contributed by atoms with Gasteiger partial charge < -0.3 is 14.8 Å². The maximum absolute atomic E-state index is 12.4. The second kappa shape index (κ2) is 7.59. The SMILES string of the molecule is COc1cccc2c1OC[C@H](C(=O)NCCCc1c(C)n[nH]c1C)C2. The van der Waals surface area contributed by atoms with E-state index in [0.717, 1.165) is 41.3 Å². The lowest BCUT2D eigenvalue weighted by Gasteiger charge is -2.25. The number of rotatable bonds is 6.